The molecule has 1 aromatic rings. The maximum absolute atomic E-state index is 11.2. The number of nitrogens with one attached hydrogen (secondary N) is 1. The van der Waals surface area contributed by atoms with Crippen LogP contribution in [0.15, 0.2) is 24.3 Å². The predicted octanol–water partition coefficient (Wildman–Crippen LogP) is 1.04. The van der Waals surface area contributed by atoms with E-state index in [0.29, 0.717) is 0 Å². The molecule has 0 saturated heterocycles. The van der Waals surface area contributed by atoms with Gasteiger partial charge in [-0.15, -0.1) is 0 Å². The summed E-state index contributed by atoms with van der Waals surface area (Å²) < 4.78 is 24.7. The first-order valence-electron chi connectivity index (χ1n) is 4.01. The van der Waals surface area contributed by atoms with Crippen LogP contribution >= 0.6 is 0 Å². The molecule has 1 rings (SSSR count). The molecule has 0 unspecified atom stereocenters. The van der Waals surface area contributed by atoms with Crippen molar-refractivity contribution in [2.24, 2.45) is 0 Å². The normalized spacial score (nSPS) is 11.5. The summed E-state index contributed by atoms with van der Waals surface area (Å²) in [6.07, 6.45) is 0. The molecule has 0 aromatic heterocycles. The van der Waals surface area contributed by atoms with Crippen LogP contribution in [0.2, 0.25) is 0 Å². The Labute approximate surface area is 78.8 Å². The fourth-order valence-corrected chi connectivity index (χ4v) is 1.93. The Bertz CT molecular complexity index is 384. The van der Waals surface area contributed by atoms with Crippen LogP contribution in [-0.4, -0.2) is 15.5 Å². The molecule has 1 aromatic carbocycles. The summed E-state index contributed by atoms with van der Waals surface area (Å²) in [5.41, 5.74) is 1.85. The van der Waals surface area contributed by atoms with E-state index in [2.05, 4.69) is 4.72 Å². The lowest BCUT2D eigenvalue weighted by molar-refractivity contribution is 0.587. The Kier molecular flexibility index (Phi) is 3.06. The van der Waals surface area contributed by atoms with Gasteiger partial charge in [0.2, 0.25) is 10.0 Å². The van der Waals surface area contributed by atoms with Gasteiger partial charge in [-0.05, 0) is 25.1 Å². The number of sulfonamides is 1. The van der Waals surface area contributed by atoms with E-state index in [0.717, 1.165) is 11.1 Å². The second kappa shape index (κ2) is 3.89. The summed E-state index contributed by atoms with van der Waals surface area (Å²) in [7, 11) is -1.72. The first kappa shape index (κ1) is 10.2. The van der Waals surface area contributed by atoms with Gasteiger partial charge in [0.05, 0.1) is 5.75 Å². The monoisotopic (exact) mass is 199 g/mol. The first-order valence-corrected chi connectivity index (χ1v) is 5.66. The second-order valence-corrected chi connectivity index (χ2v) is 4.82. The van der Waals surface area contributed by atoms with Gasteiger partial charge >= 0.3 is 0 Å². The molecule has 1 N–H and O–H groups in total. The molecule has 3 nitrogen and oxygen atoms in total. The van der Waals surface area contributed by atoms with Crippen LogP contribution in [-0.2, 0) is 15.8 Å². The summed E-state index contributed by atoms with van der Waals surface area (Å²) in [4.78, 5) is 0. The van der Waals surface area contributed by atoms with E-state index in [-0.39, 0.29) is 5.75 Å². The lowest BCUT2D eigenvalue weighted by atomic mass is 10.1. The second-order valence-electron chi connectivity index (χ2n) is 2.89. The van der Waals surface area contributed by atoms with Crippen LogP contribution in [0.5, 0.6) is 0 Å². The van der Waals surface area contributed by atoms with Crippen molar-refractivity contribution in [1.29, 1.82) is 0 Å². The Morgan fingerprint density at radius 2 is 1.92 bits per heavy atom. The van der Waals surface area contributed by atoms with Crippen molar-refractivity contribution in [2.75, 3.05) is 7.05 Å². The zero-order valence-electron chi connectivity index (χ0n) is 7.74. The van der Waals surface area contributed by atoms with Gasteiger partial charge in [-0.3, -0.25) is 0 Å². The van der Waals surface area contributed by atoms with Gasteiger partial charge in [0.15, 0.2) is 0 Å². The van der Waals surface area contributed by atoms with Crippen molar-refractivity contribution in [3.05, 3.63) is 35.4 Å². The molecule has 0 heterocycles. The van der Waals surface area contributed by atoms with Gasteiger partial charge in [0, 0.05) is 0 Å². The molecule has 0 spiro atoms. The molecule has 0 bridgehead atoms. The highest BCUT2D eigenvalue weighted by Gasteiger charge is 2.09. The van der Waals surface area contributed by atoms with Crippen LogP contribution in [0.3, 0.4) is 0 Å². The zero-order valence-corrected chi connectivity index (χ0v) is 8.56. The van der Waals surface area contributed by atoms with Gasteiger partial charge < -0.3 is 0 Å². The predicted molar refractivity (Wildman–Crippen MR) is 52.9 cm³/mol. The zero-order chi connectivity index (χ0) is 9.90. The van der Waals surface area contributed by atoms with Crippen LogP contribution in [0, 0.1) is 6.92 Å². The van der Waals surface area contributed by atoms with Crippen molar-refractivity contribution >= 4 is 10.0 Å². The van der Waals surface area contributed by atoms with Crippen molar-refractivity contribution in [3.63, 3.8) is 0 Å². The minimum absolute atomic E-state index is 0.0518. The van der Waals surface area contributed by atoms with E-state index >= 15 is 0 Å². The van der Waals surface area contributed by atoms with Gasteiger partial charge in [-0.2, -0.15) is 0 Å². The largest absolute Gasteiger partial charge is 0.218 e. The summed E-state index contributed by atoms with van der Waals surface area (Å²) in [5.74, 6) is 0.0518. The highest BCUT2D eigenvalue weighted by molar-refractivity contribution is 7.88. The Balaban J connectivity index is 2.93. The van der Waals surface area contributed by atoms with Crippen molar-refractivity contribution in [3.8, 4) is 0 Å². The van der Waals surface area contributed by atoms with Crippen LogP contribution in [0.4, 0.5) is 0 Å². The summed E-state index contributed by atoms with van der Waals surface area (Å²) in [6.45, 7) is 1.90. The summed E-state index contributed by atoms with van der Waals surface area (Å²) in [5, 5.41) is 0. The Hall–Kier alpha value is -0.870. The average Bonchev–Trinajstić information content (AvgIpc) is 2.09. The molecule has 0 aliphatic carbocycles. The molecular weight excluding hydrogens is 186 g/mol. The maximum atomic E-state index is 11.2. The third kappa shape index (κ3) is 2.82. The quantitative estimate of drug-likeness (QED) is 0.790. The minimum Gasteiger partial charge on any atom is -0.218 e. The third-order valence-electron chi connectivity index (χ3n) is 1.92. The molecule has 0 fully saturated rings. The fraction of sp³-hybridized carbons (Fsp3) is 0.333. The highest BCUT2D eigenvalue weighted by atomic mass is 32.2. The van der Waals surface area contributed by atoms with E-state index in [4.69, 9.17) is 0 Å². The van der Waals surface area contributed by atoms with E-state index in [9.17, 15) is 8.42 Å². The van der Waals surface area contributed by atoms with E-state index in [1.807, 2.05) is 31.2 Å². The van der Waals surface area contributed by atoms with E-state index in [1.165, 1.54) is 7.05 Å². The lowest BCUT2D eigenvalue weighted by Gasteiger charge is -2.05. The van der Waals surface area contributed by atoms with Crippen LogP contribution in [0.25, 0.3) is 0 Å². The number of aryl methyl sites for hydroxylation is 1. The average molecular weight is 199 g/mol. The first-order chi connectivity index (χ1) is 6.05. The molecule has 72 valence electrons. The summed E-state index contributed by atoms with van der Waals surface area (Å²) >= 11 is 0. The minimum atomic E-state index is -3.15. The molecule has 0 radical (unpaired) electrons. The number of benzene rings is 1. The molecule has 0 aliphatic rings. The number of hydrogen-bond donors (Lipinski definition) is 1. The standard InChI is InChI=1S/C9H13NO2S/c1-8-5-3-4-6-9(8)7-13(11,12)10-2/h3-6,10H,7H2,1-2H3. The van der Waals surface area contributed by atoms with Crippen LogP contribution < -0.4 is 4.72 Å². The molecule has 0 saturated carbocycles. The molecular formula is C9H13NO2S. The lowest BCUT2D eigenvalue weighted by Crippen LogP contribution is -2.20. The van der Waals surface area contributed by atoms with Gasteiger partial charge in [0.1, 0.15) is 0 Å². The van der Waals surface area contributed by atoms with Gasteiger partial charge in [-0.25, -0.2) is 13.1 Å². The highest BCUT2D eigenvalue weighted by Crippen LogP contribution is 2.09. The SMILES string of the molecule is CNS(=O)(=O)Cc1ccccc1C. The fourth-order valence-electron chi connectivity index (χ4n) is 1.05. The Morgan fingerprint density at radius 1 is 1.31 bits per heavy atom. The van der Waals surface area contributed by atoms with Gasteiger partial charge in [-0.1, -0.05) is 24.3 Å². The van der Waals surface area contributed by atoms with E-state index in [1.54, 1.807) is 0 Å². The molecule has 0 atom stereocenters. The molecule has 4 heteroatoms. The van der Waals surface area contributed by atoms with Gasteiger partial charge in [0.25, 0.3) is 0 Å². The van der Waals surface area contributed by atoms with Crippen molar-refractivity contribution < 1.29 is 8.42 Å². The molecule has 13 heavy (non-hydrogen) atoms. The van der Waals surface area contributed by atoms with Crippen LogP contribution in [0.1, 0.15) is 11.1 Å². The maximum Gasteiger partial charge on any atom is 0.215 e. The summed E-state index contributed by atoms with van der Waals surface area (Å²) in [6, 6.07) is 7.46. The van der Waals surface area contributed by atoms with Crippen molar-refractivity contribution in [1.82, 2.24) is 4.72 Å². The number of hydrogen-bond acceptors (Lipinski definition) is 2. The smallest absolute Gasteiger partial charge is 0.215 e. The van der Waals surface area contributed by atoms with Crippen molar-refractivity contribution in [2.45, 2.75) is 12.7 Å². The third-order valence-corrected chi connectivity index (χ3v) is 3.23. The Morgan fingerprint density at radius 3 is 2.46 bits per heavy atom. The van der Waals surface area contributed by atoms with E-state index < -0.39 is 10.0 Å². The topological polar surface area (TPSA) is 46.2 Å². The number of rotatable bonds is 3. The molecule has 0 aliphatic heterocycles. The molecule has 0 amide bonds.